The van der Waals surface area contributed by atoms with Crippen molar-refractivity contribution >= 4 is 23.3 Å². The molecule has 1 fully saturated rings. The summed E-state index contributed by atoms with van der Waals surface area (Å²) in [6.45, 7) is 7.52. The Bertz CT molecular complexity index is 1210. The first kappa shape index (κ1) is 25.1. The van der Waals surface area contributed by atoms with E-state index in [-0.39, 0.29) is 23.7 Å². The molecular weight excluding hydrogens is 452 g/mol. The third-order valence-corrected chi connectivity index (χ3v) is 8.13. The van der Waals surface area contributed by atoms with Crippen LogP contribution in [0.4, 0.5) is 0 Å². The number of hydrogen-bond donors (Lipinski definition) is 4. The lowest BCUT2D eigenvalue weighted by atomic mass is 9.52. The van der Waals surface area contributed by atoms with E-state index in [1.807, 2.05) is 27.7 Å². The lowest BCUT2D eigenvalue weighted by molar-refractivity contribution is -0.164. The Morgan fingerprint density at radius 3 is 2.23 bits per heavy atom. The monoisotopic (exact) mass is 484 g/mol. The molecule has 0 spiro atoms. The summed E-state index contributed by atoms with van der Waals surface area (Å²) in [4.78, 5) is 54.3. The molecule has 3 unspecified atom stereocenters. The SMILES string of the molecule is CC1c2ccc(C(C)(C)C)c(O)c2C(=O)C2C(=O)[C@@]3(O)C(O)=C(C(N)=O)C(=O)[C@H](N(C)C)[C@H]3CC21. The molecule has 5 N–H and O–H groups in total. The highest BCUT2D eigenvalue weighted by Gasteiger charge is 2.67. The minimum absolute atomic E-state index is 0.0382. The number of amides is 1. The predicted molar refractivity (Wildman–Crippen MR) is 126 cm³/mol. The first-order valence-corrected chi connectivity index (χ1v) is 11.7. The van der Waals surface area contributed by atoms with E-state index in [2.05, 4.69) is 0 Å². The zero-order valence-corrected chi connectivity index (χ0v) is 20.7. The van der Waals surface area contributed by atoms with Crippen LogP contribution in [0.25, 0.3) is 0 Å². The number of primary amides is 1. The molecule has 9 heteroatoms. The Hall–Kier alpha value is -3.04. The van der Waals surface area contributed by atoms with Crippen LogP contribution in [-0.4, -0.2) is 69.2 Å². The summed E-state index contributed by atoms with van der Waals surface area (Å²) in [7, 11) is 3.13. The molecule has 0 aromatic heterocycles. The highest BCUT2D eigenvalue weighted by molar-refractivity contribution is 6.25. The molecule has 1 aromatic carbocycles. The fourth-order valence-electron chi connectivity index (χ4n) is 6.38. The van der Waals surface area contributed by atoms with E-state index in [0.29, 0.717) is 11.1 Å². The van der Waals surface area contributed by atoms with Gasteiger partial charge in [-0.25, -0.2) is 0 Å². The van der Waals surface area contributed by atoms with Crippen LogP contribution in [0.15, 0.2) is 23.5 Å². The molecule has 1 aromatic rings. The number of carbonyl (C=O) groups is 4. The zero-order valence-electron chi connectivity index (χ0n) is 20.7. The van der Waals surface area contributed by atoms with Gasteiger partial charge in [-0.15, -0.1) is 0 Å². The van der Waals surface area contributed by atoms with Gasteiger partial charge in [-0.1, -0.05) is 39.8 Å². The lowest BCUT2D eigenvalue weighted by Gasteiger charge is -2.53. The molecule has 0 heterocycles. The molecule has 9 nitrogen and oxygen atoms in total. The van der Waals surface area contributed by atoms with Crippen LogP contribution in [0.1, 0.15) is 61.5 Å². The molecular formula is C26H32N2O7. The minimum Gasteiger partial charge on any atom is -0.508 e. The summed E-state index contributed by atoms with van der Waals surface area (Å²) < 4.78 is 0. The maximum absolute atomic E-state index is 13.9. The van der Waals surface area contributed by atoms with Crippen molar-refractivity contribution in [3.05, 3.63) is 40.2 Å². The molecule has 3 aliphatic rings. The maximum Gasteiger partial charge on any atom is 0.255 e. The highest BCUT2D eigenvalue weighted by atomic mass is 16.3. The van der Waals surface area contributed by atoms with Gasteiger partial charge < -0.3 is 21.1 Å². The smallest absolute Gasteiger partial charge is 0.255 e. The number of nitrogens with zero attached hydrogens (tertiary/aromatic N) is 1. The van der Waals surface area contributed by atoms with Crippen molar-refractivity contribution in [1.82, 2.24) is 4.90 Å². The number of carbonyl (C=O) groups excluding carboxylic acids is 4. The number of phenols is 1. The average molecular weight is 485 g/mol. The third kappa shape index (κ3) is 3.21. The van der Waals surface area contributed by atoms with E-state index >= 15 is 0 Å². The van der Waals surface area contributed by atoms with E-state index in [9.17, 15) is 34.5 Å². The van der Waals surface area contributed by atoms with Gasteiger partial charge in [0.25, 0.3) is 5.91 Å². The predicted octanol–water partition coefficient (Wildman–Crippen LogP) is 1.35. The van der Waals surface area contributed by atoms with Crippen molar-refractivity contribution < 1.29 is 34.5 Å². The van der Waals surface area contributed by atoms with Crippen LogP contribution in [-0.2, 0) is 19.8 Å². The number of rotatable bonds is 2. The number of benzene rings is 1. The van der Waals surface area contributed by atoms with Gasteiger partial charge in [-0.3, -0.25) is 24.1 Å². The molecule has 35 heavy (non-hydrogen) atoms. The second kappa shape index (κ2) is 7.73. The number of aliphatic hydroxyl groups is 2. The molecule has 0 bridgehead atoms. The van der Waals surface area contributed by atoms with Gasteiger partial charge in [0.2, 0.25) is 0 Å². The second-order valence-electron chi connectivity index (χ2n) is 11.3. The number of ketones is 3. The molecule has 1 saturated carbocycles. The van der Waals surface area contributed by atoms with Crippen LogP contribution in [0.5, 0.6) is 5.75 Å². The summed E-state index contributed by atoms with van der Waals surface area (Å²) in [5, 5.41) is 33.6. The molecule has 4 rings (SSSR count). The van der Waals surface area contributed by atoms with E-state index in [1.165, 1.54) is 4.90 Å². The van der Waals surface area contributed by atoms with Gasteiger partial charge in [0.05, 0.1) is 17.5 Å². The highest BCUT2D eigenvalue weighted by Crippen LogP contribution is 2.55. The standard InChI is InChI=1S/C26H32N2O7/c1-10-11-7-8-13(25(2,3)4)19(29)15(11)20(30)16-12(10)9-14-18(28(5)6)21(31)17(24(27)34)23(33)26(14,35)22(16)32/h7-8,10,12,14,16,18,29,33,35H,9H2,1-6H3,(H2,27,34)/t10?,12?,14-,16?,18-,26-/m1/s1. The van der Waals surface area contributed by atoms with E-state index in [1.54, 1.807) is 26.2 Å². The fraction of sp³-hybridized carbons (Fsp3) is 0.538. The number of nitrogens with two attached hydrogens (primary N) is 1. The summed E-state index contributed by atoms with van der Waals surface area (Å²) in [5.74, 6) is -8.37. The van der Waals surface area contributed by atoms with Gasteiger partial charge in [0, 0.05) is 5.92 Å². The Kier molecular flexibility index (Phi) is 5.54. The first-order chi connectivity index (χ1) is 16.1. The van der Waals surface area contributed by atoms with Crippen LogP contribution in [0, 0.1) is 17.8 Å². The maximum atomic E-state index is 13.9. The Morgan fingerprint density at radius 1 is 1.11 bits per heavy atom. The van der Waals surface area contributed by atoms with Crippen LogP contribution >= 0.6 is 0 Å². The Morgan fingerprint density at radius 2 is 1.71 bits per heavy atom. The van der Waals surface area contributed by atoms with Crippen molar-refractivity contribution in [3.63, 3.8) is 0 Å². The first-order valence-electron chi connectivity index (χ1n) is 11.7. The minimum atomic E-state index is -2.64. The number of aliphatic hydroxyl groups excluding tert-OH is 1. The molecule has 6 atom stereocenters. The van der Waals surface area contributed by atoms with Gasteiger partial charge in [-0.2, -0.15) is 0 Å². The number of likely N-dealkylation sites (N-methyl/N-ethyl adjacent to an activating group) is 1. The summed E-state index contributed by atoms with van der Waals surface area (Å²) in [5.41, 5.74) is 2.58. The average Bonchev–Trinajstić information content (AvgIpc) is 2.72. The van der Waals surface area contributed by atoms with Crippen molar-refractivity contribution in [1.29, 1.82) is 0 Å². The van der Waals surface area contributed by atoms with E-state index < -0.39 is 69.4 Å². The Balaban J connectivity index is 1.95. The largest absolute Gasteiger partial charge is 0.508 e. The second-order valence-corrected chi connectivity index (χ2v) is 11.3. The normalized spacial score (nSPS) is 32.9. The van der Waals surface area contributed by atoms with Crippen molar-refractivity contribution in [2.75, 3.05) is 14.1 Å². The molecule has 0 radical (unpaired) electrons. The third-order valence-electron chi connectivity index (χ3n) is 8.13. The van der Waals surface area contributed by atoms with Crippen LogP contribution in [0.3, 0.4) is 0 Å². The van der Waals surface area contributed by atoms with Crippen molar-refractivity contribution in [2.24, 2.45) is 23.5 Å². The van der Waals surface area contributed by atoms with E-state index in [4.69, 9.17) is 5.73 Å². The van der Waals surface area contributed by atoms with Gasteiger partial charge >= 0.3 is 0 Å². The molecule has 1 amide bonds. The summed E-state index contributed by atoms with van der Waals surface area (Å²) >= 11 is 0. The fourth-order valence-corrected chi connectivity index (χ4v) is 6.38. The number of phenolic OH excluding ortho intramolecular Hbond substituents is 1. The zero-order chi connectivity index (χ0) is 26.4. The quantitative estimate of drug-likeness (QED) is 0.362. The van der Waals surface area contributed by atoms with Gasteiger partial charge in [0.1, 0.15) is 17.1 Å². The lowest BCUT2D eigenvalue weighted by Crippen LogP contribution is -2.68. The summed E-state index contributed by atoms with van der Waals surface area (Å²) in [6.07, 6.45) is 0.0612. The van der Waals surface area contributed by atoms with Crippen molar-refractivity contribution in [3.8, 4) is 5.75 Å². The molecule has 0 aliphatic heterocycles. The Labute approximate surface area is 203 Å². The van der Waals surface area contributed by atoms with Gasteiger partial charge in [-0.05, 0) is 48.9 Å². The van der Waals surface area contributed by atoms with Crippen LogP contribution in [0.2, 0.25) is 0 Å². The number of Topliss-reactive ketones (excluding diaryl/α,β-unsaturated/α-hetero) is 3. The number of hydrogen-bond acceptors (Lipinski definition) is 8. The van der Waals surface area contributed by atoms with Gasteiger partial charge in [0.15, 0.2) is 23.0 Å². The molecule has 188 valence electrons. The number of aromatic hydroxyl groups is 1. The topological polar surface area (TPSA) is 158 Å². The van der Waals surface area contributed by atoms with E-state index in [0.717, 1.165) is 0 Å². The molecule has 0 saturated heterocycles. The summed E-state index contributed by atoms with van der Waals surface area (Å²) in [6, 6.07) is 2.46. The number of fused-ring (bicyclic) bond motifs is 3. The van der Waals surface area contributed by atoms with Crippen LogP contribution < -0.4 is 5.73 Å². The molecule has 3 aliphatic carbocycles. The van der Waals surface area contributed by atoms with Crippen molar-refractivity contribution in [2.45, 2.75) is 57.1 Å².